The first kappa shape index (κ1) is 9.45. The minimum absolute atomic E-state index is 0.671. The van der Waals surface area contributed by atoms with Crippen LogP contribution in [0.5, 0.6) is 0 Å². The molecule has 0 aliphatic carbocycles. The van der Waals surface area contributed by atoms with Crippen molar-refractivity contribution in [3.8, 4) is 12.1 Å². The third kappa shape index (κ3) is 1.37. The molecule has 14 heavy (non-hydrogen) atoms. The van der Waals surface area contributed by atoms with E-state index in [2.05, 4.69) is 34.7 Å². The highest BCUT2D eigenvalue weighted by Gasteiger charge is 2.07. The van der Waals surface area contributed by atoms with Crippen LogP contribution in [0, 0.1) is 26.2 Å². The van der Waals surface area contributed by atoms with Crippen LogP contribution < -0.4 is 0 Å². The zero-order chi connectivity index (χ0) is 10.1. The molecule has 0 amide bonds. The molecule has 2 aromatic rings. The largest absolute Gasteiger partial charge is 0.192 e. The molecule has 0 unspecified atom stereocenters. The Hall–Kier alpha value is -1.11. The highest BCUT2D eigenvalue weighted by atomic mass is 127. The molecule has 0 N–H and O–H groups in total. The summed E-state index contributed by atoms with van der Waals surface area (Å²) in [4.78, 5) is 0. The summed E-state index contributed by atoms with van der Waals surface area (Å²) in [5.41, 5.74) is 1.36. The van der Waals surface area contributed by atoms with Gasteiger partial charge in [0.1, 0.15) is 12.1 Å². The summed E-state index contributed by atoms with van der Waals surface area (Å²) in [5.74, 6) is 0. The molecule has 1 aromatic heterocycles. The van der Waals surface area contributed by atoms with Crippen LogP contribution in [0.2, 0.25) is 0 Å². The van der Waals surface area contributed by atoms with Crippen LogP contribution in [-0.2, 0) is 0 Å². The lowest BCUT2D eigenvalue weighted by atomic mass is 10.1. The van der Waals surface area contributed by atoms with Gasteiger partial charge in [0.15, 0.2) is 0 Å². The topological polar surface area (TPSA) is 47.6 Å². The Morgan fingerprint density at radius 3 is 2.50 bits per heavy atom. The van der Waals surface area contributed by atoms with Gasteiger partial charge in [0.2, 0.25) is 0 Å². The molecule has 0 bridgehead atoms. The van der Waals surface area contributed by atoms with Crippen molar-refractivity contribution in [3.63, 3.8) is 0 Å². The summed E-state index contributed by atoms with van der Waals surface area (Å²) in [6.07, 6.45) is 0. The van der Waals surface area contributed by atoms with E-state index < -0.39 is 0 Å². The fourth-order valence-corrected chi connectivity index (χ4v) is 2.71. The molecular weight excluding hydrogens is 307 g/mol. The second-order valence-electron chi connectivity index (χ2n) is 2.70. The van der Waals surface area contributed by atoms with Gasteiger partial charge in [-0.15, -0.1) is 11.3 Å². The van der Waals surface area contributed by atoms with Crippen LogP contribution in [0.15, 0.2) is 17.5 Å². The van der Waals surface area contributed by atoms with Gasteiger partial charge < -0.3 is 0 Å². The van der Waals surface area contributed by atoms with Gasteiger partial charge in [-0.3, -0.25) is 0 Å². The van der Waals surface area contributed by atoms with Crippen LogP contribution in [0.25, 0.3) is 10.1 Å². The molecule has 0 fully saturated rings. The lowest BCUT2D eigenvalue weighted by molar-refractivity contribution is 1.48. The fourth-order valence-electron chi connectivity index (χ4n) is 1.22. The van der Waals surface area contributed by atoms with Crippen molar-refractivity contribution in [2.75, 3.05) is 0 Å². The van der Waals surface area contributed by atoms with Gasteiger partial charge in [-0.05, 0) is 34.7 Å². The predicted octanol–water partition coefficient (Wildman–Crippen LogP) is 3.25. The Bertz CT molecular complexity index is 586. The monoisotopic (exact) mass is 310 g/mol. The van der Waals surface area contributed by atoms with Gasteiger partial charge in [-0.25, -0.2) is 0 Å². The average molecular weight is 310 g/mol. The van der Waals surface area contributed by atoms with E-state index in [1.165, 1.54) is 11.3 Å². The number of fused-ring (bicyclic) bond motifs is 1. The molecule has 0 spiro atoms. The van der Waals surface area contributed by atoms with Gasteiger partial charge >= 0.3 is 0 Å². The maximum absolute atomic E-state index is 8.83. The van der Waals surface area contributed by atoms with Crippen LogP contribution in [0.1, 0.15) is 11.1 Å². The van der Waals surface area contributed by atoms with Crippen LogP contribution >= 0.6 is 33.9 Å². The molecule has 2 nitrogen and oxygen atoms in total. The van der Waals surface area contributed by atoms with Crippen molar-refractivity contribution in [1.29, 1.82) is 10.5 Å². The van der Waals surface area contributed by atoms with Gasteiger partial charge in [0.25, 0.3) is 0 Å². The summed E-state index contributed by atoms with van der Waals surface area (Å²) in [6.45, 7) is 0. The molecule has 0 aliphatic rings. The summed E-state index contributed by atoms with van der Waals surface area (Å²) >= 11 is 3.61. The lowest BCUT2D eigenvalue weighted by Gasteiger charge is -1.95. The number of benzene rings is 1. The zero-order valence-electron chi connectivity index (χ0n) is 6.91. The van der Waals surface area contributed by atoms with Crippen LogP contribution in [0.3, 0.4) is 0 Å². The minimum atomic E-state index is 0.671. The van der Waals surface area contributed by atoms with Gasteiger partial charge in [-0.2, -0.15) is 10.5 Å². The zero-order valence-corrected chi connectivity index (χ0v) is 9.89. The molecule has 2 rings (SSSR count). The second-order valence-corrected chi connectivity index (χ2v) is 4.77. The van der Waals surface area contributed by atoms with Gasteiger partial charge in [0.05, 0.1) is 11.1 Å². The number of thiophene rings is 1. The van der Waals surface area contributed by atoms with Crippen molar-refractivity contribution in [2.24, 2.45) is 0 Å². The summed E-state index contributed by atoms with van der Waals surface area (Å²) in [5, 5.41) is 20.4. The molecule has 0 aliphatic heterocycles. The number of hydrogen-bond acceptors (Lipinski definition) is 3. The van der Waals surface area contributed by atoms with E-state index in [4.69, 9.17) is 10.5 Å². The number of halogens is 1. The van der Waals surface area contributed by atoms with E-state index in [0.717, 1.165) is 13.7 Å². The molecule has 4 heteroatoms. The molecule has 0 saturated heterocycles. The van der Waals surface area contributed by atoms with Crippen molar-refractivity contribution in [3.05, 3.63) is 32.2 Å². The summed E-state index contributed by atoms with van der Waals surface area (Å²) in [7, 11) is 0. The summed E-state index contributed by atoms with van der Waals surface area (Å²) < 4.78 is 1.89. The molecule has 0 saturated carbocycles. The van der Waals surface area contributed by atoms with Crippen LogP contribution in [0.4, 0.5) is 0 Å². The second kappa shape index (κ2) is 3.56. The normalized spacial score (nSPS) is 9.64. The number of rotatable bonds is 0. The quantitative estimate of drug-likeness (QED) is 0.701. The SMILES string of the molecule is N#Cc1cc2scc(C#N)c2cc1I. The predicted molar refractivity (Wildman–Crippen MR) is 64.0 cm³/mol. The van der Waals surface area contributed by atoms with Gasteiger partial charge in [0, 0.05) is 19.0 Å². The Morgan fingerprint density at radius 1 is 1.14 bits per heavy atom. The third-order valence-corrected chi connectivity index (χ3v) is 3.74. The Morgan fingerprint density at radius 2 is 1.86 bits per heavy atom. The molecule has 0 atom stereocenters. The first-order valence-corrected chi connectivity index (χ1v) is 5.73. The van der Waals surface area contributed by atoms with Crippen molar-refractivity contribution in [2.45, 2.75) is 0 Å². The lowest BCUT2D eigenvalue weighted by Crippen LogP contribution is -1.80. The van der Waals surface area contributed by atoms with Crippen LogP contribution in [-0.4, -0.2) is 0 Å². The van der Waals surface area contributed by atoms with Crippen molar-refractivity contribution < 1.29 is 0 Å². The smallest absolute Gasteiger partial charge is 0.101 e. The van der Waals surface area contributed by atoms with E-state index in [0.29, 0.717) is 11.1 Å². The summed E-state index contributed by atoms with van der Waals surface area (Å²) in [6, 6.07) is 8.00. The third-order valence-electron chi connectivity index (χ3n) is 1.90. The molecule has 1 aromatic carbocycles. The van der Waals surface area contributed by atoms with E-state index in [9.17, 15) is 0 Å². The highest BCUT2D eigenvalue weighted by molar-refractivity contribution is 14.1. The Balaban J connectivity index is 2.85. The van der Waals surface area contributed by atoms with Crippen molar-refractivity contribution >= 4 is 44.0 Å². The van der Waals surface area contributed by atoms with Crippen molar-refractivity contribution in [1.82, 2.24) is 0 Å². The first-order chi connectivity index (χ1) is 6.76. The van der Waals surface area contributed by atoms with Gasteiger partial charge in [-0.1, -0.05) is 0 Å². The average Bonchev–Trinajstić information content (AvgIpc) is 2.58. The number of nitrogens with zero attached hydrogens (tertiary/aromatic N) is 2. The Labute approximate surface area is 98.5 Å². The molecule has 66 valence electrons. The maximum Gasteiger partial charge on any atom is 0.101 e. The minimum Gasteiger partial charge on any atom is -0.192 e. The van der Waals surface area contributed by atoms with E-state index in [-0.39, 0.29) is 0 Å². The van der Waals surface area contributed by atoms with E-state index in [1.54, 1.807) is 0 Å². The maximum atomic E-state index is 8.83. The molecule has 1 heterocycles. The highest BCUT2D eigenvalue weighted by Crippen LogP contribution is 2.29. The number of hydrogen-bond donors (Lipinski definition) is 0. The van der Waals surface area contributed by atoms with E-state index in [1.807, 2.05) is 17.5 Å². The number of nitriles is 2. The van der Waals surface area contributed by atoms with E-state index >= 15 is 0 Å². The molecule has 0 radical (unpaired) electrons. The Kier molecular flexibility index (Phi) is 2.40. The molecular formula is C10H3IN2S. The standard InChI is InChI=1S/C10H3IN2S/c11-9-2-8-7(4-13)5-14-10(8)1-6(9)3-12/h1-2,5H. The fraction of sp³-hybridized carbons (Fsp3) is 0. The first-order valence-electron chi connectivity index (χ1n) is 3.77.